The minimum Gasteiger partial charge on any atom is -0.453 e. The standard InChI is InChI=1S/C31H40N8O4S2/c1-20(17-38-13-15-39(16-14-38)45(41,42)29-22(3)35-30(44-29)36-31(40)43-6)34-28-26-12-8-11-25(27(26)32-19-33-28)24-10-7-9-23(21(24)2)18-37(4)5/h7-12,19-20H,13-18H2,1-6H3,(H,32,33,34)(H,35,36,40). The normalized spacial score (nSPS) is 15.4. The highest BCUT2D eigenvalue weighted by atomic mass is 32.2. The first-order chi connectivity index (χ1) is 21.5. The smallest absolute Gasteiger partial charge is 0.413 e. The van der Waals surface area contributed by atoms with Gasteiger partial charge in [0.2, 0.25) is 0 Å². The molecule has 4 aromatic rings. The minimum absolute atomic E-state index is 0.0516. The van der Waals surface area contributed by atoms with E-state index in [0.29, 0.717) is 31.9 Å². The molecule has 12 nitrogen and oxygen atoms in total. The number of hydrogen-bond acceptors (Lipinski definition) is 11. The maximum Gasteiger partial charge on any atom is 0.413 e. The fourth-order valence-corrected chi connectivity index (χ4v) is 8.61. The van der Waals surface area contributed by atoms with Gasteiger partial charge in [0, 0.05) is 56.3 Å². The van der Waals surface area contributed by atoms with E-state index < -0.39 is 16.1 Å². The van der Waals surface area contributed by atoms with Crippen molar-refractivity contribution < 1.29 is 17.9 Å². The summed E-state index contributed by atoms with van der Waals surface area (Å²) in [4.78, 5) is 29.4. The van der Waals surface area contributed by atoms with Crippen molar-refractivity contribution in [2.45, 2.75) is 37.6 Å². The molecule has 2 aromatic carbocycles. The number of amides is 1. The van der Waals surface area contributed by atoms with Gasteiger partial charge in [-0.2, -0.15) is 4.31 Å². The molecule has 0 bridgehead atoms. The molecule has 1 amide bonds. The average Bonchev–Trinajstić information content (AvgIpc) is 3.38. The third-order valence-electron chi connectivity index (χ3n) is 7.86. The number of para-hydroxylation sites is 1. The van der Waals surface area contributed by atoms with Crippen LogP contribution in [0.25, 0.3) is 22.0 Å². The highest BCUT2D eigenvalue weighted by Gasteiger charge is 2.32. The Morgan fingerprint density at radius 1 is 1.07 bits per heavy atom. The Labute approximate surface area is 268 Å². The van der Waals surface area contributed by atoms with Crippen LogP contribution in [0.4, 0.5) is 15.7 Å². The van der Waals surface area contributed by atoms with Crippen LogP contribution in [-0.2, 0) is 21.3 Å². The lowest BCUT2D eigenvalue weighted by molar-refractivity contribution is 0.184. The van der Waals surface area contributed by atoms with E-state index in [1.807, 2.05) is 12.1 Å². The lowest BCUT2D eigenvalue weighted by atomic mass is 9.94. The highest BCUT2D eigenvalue weighted by Crippen LogP contribution is 2.34. The molecule has 1 unspecified atom stereocenters. The molecule has 5 rings (SSSR count). The van der Waals surface area contributed by atoms with Crippen LogP contribution in [0.15, 0.2) is 46.9 Å². The fraction of sp³-hybridized carbons (Fsp3) is 0.419. The number of carbonyl (C=O) groups excluding carboxylic acids is 1. The summed E-state index contributed by atoms with van der Waals surface area (Å²) < 4.78 is 33.0. The van der Waals surface area contributed by atoms with E-state index in [1.54, 1.807) is 13.3 Å². The van der Waals surface area contributed by atoms with Crippen molar-refractivity contribution in [2.75, 3.05) is 64.6 Å². The van der Waals surface area contributed by atoms with Gasteiger partial charge in [-0.15, -0.1) is 0 Å². The number of nitrogens with one attached hydrogen (secondary N) is 2. The van der Waals surface area contributed by atoms with E-state index >= 15 is 0 Å². The number of hydrogen-bond donors (Lipinski definition) is 2. The number of benzene rings is 2. The Morgan fingerprint density at radius 2 is 1.78 bits per heavy atom. The highest BCUT2D eigenvalue weighted by molar-refractivity contribution is 7.91. The van der Waals surface area contributed by atoms with E-state index in [1.165, 1.54) is 22.5 Å². The van der Waals surface area contributed by atoms with Crippen LogP contribution in [-0.4, -0.2) is 104 Å². The van der Waals surface area contributed by atoms with Crippen LogP contribution in [0.2, 0.25) is 0 Å². The topological polar surface area (TPSA) is 133 Å². The molecule has 0 radical (unpaired) electrons. The maximum atomic E-state index is 13.4. The van der Waals surface area contributed by atoms with Gasteiger partial charge in [0.1, 0.15) is 12.1 Å². The van der Waals surface area contributed by atoms with E-state index in [-0.39, 0.29) is 15.4 Å². The number of ether oxygens (including phenoxy) is 1. The van der Waals surface area contributed by atoms with Gasteiger partial charge in [0.25, 0.3) is 10.0 Å². The van der Waals surface area contributed by atoms with Gasteiger partial charge in [-0.05, 0) is 57.6 Å². The van der Waals surface area contributed by atoms with Crippen molar-refractivity contribution >= 4 is 49.3 Å². The van der Waals surface area contributed by atoms with Crippen LogP contribution in [0.3, 0.4) is 0 Å². The fourth-order valence-electron chi connectivity index (χ4n) is 5.66. The average molecular weight is 653 g/mol. The summed E-state index contributed by atoms with van der Waals surface area (Å²) in [5.74, 6) is 0.773. The first-order valence-corrected chi connectivity index (χ1v) is 17.0. The van der Waals surface area contributed by atoms with E-state index in [0.717, 1.165) is 52.3 Å². The van der Waals surface area contributed by atoms with Crippen molar-refractivity contribution in [3.05, 3.63) is 59.5 Å². The number of sulfonamides is 1. The van der Waals surface area contributed by atoms with Crippen LogP contribution < -0.4 is 10.6 Å². The van der Waals surface area contributed by atoms with Crippen LogP contribution in [0, 0.1) is 13.8 Å². The van der Waals surface area contributed by atoms with Crippen LogP contribution >= 0.6 is 11.3 Å². The van der Waals surface area contributed by atoms with E-state index in [4.69, 9.17) is 4.98 Å². The number of aryl methyl sites for hydroxylation is 1. The van der Waals surface area contributed by atoms with E-state index in [9.17, 15) is 13.2 Å². The molecule has 1 aliphatic heterocycles. The second-order valence-corrected chi connectivity index (χ2v) is 14.6. The third-order valence-corrected chi connectivity index (χ3v) is 11.4. The monoisotopic (exact) mass is 652 g/mol. The zero-order valence-electron chi connectivity index (χ0n) is 26.5. The number of piperazine rings is 1. The Morgan fingerprint density at radius 3 is 2.49 bits per heavy atom. The van der Waals surface area contributed by atoms with Crippen molar-refractivity contribution in [2.24, 2.45) is 0 Å². The summed E-state index contributed by atoms with van der Waals surface area (Å²) in [6.45, 7) is 9.38. The number of nitrogens with zero attached hydrogens (tertiary/aromatic N) is 6. The zero-order chi connectivity index (χ0) is 32.3. The molecule has 14 heteroatoms. The predicted octanol–water partition coefficient (Wildman–Crippen LogP) is 4.42. The molecular weight excluding hydrogens is 613 g/mol. The summed E-state index contributed by atoms with van der Waals surface area (Å²) in [6, 6.07) is 12.7. The summed E-state index contributed by atoms with van der Waals surface area (Å²) in [6.07, 6.45) is 0.914. The molecule has 1 fully saturated rings. The van der Waals surface area contributed by atoms with Crippen molar-refractivity contribution in [1.29, 1.82) is 0 Å². The lowest BCUT2D eigenvalue weighted by Crippen LogP contribution is -2.50. The molecule has 0 aliphatic carbocycles. The maximum absolute atomic E-state index is 13.4. The quantitative estimate of drug-likeness (QED) is 0.254. The Bertz CT molecular complexity index is 1790. The van der Waals surface area contributed by atoms with Crippen molar-refractivity contribution in [3.63, 3.8) is 0 Å². The summed E-state index contributed by atoms with van der Waals surface area (Å²) in [7, 11) is 1.65. The third kappa shape index (κ3) is 7.25. The molecule has 1 saturated heterocycles. The summed E-state index contributed by atoms with van der Waals surface area (Å²) >= 11 is 0.930. The SMILES string of the molecule is COC(=O)Nc1nc(C)c(S(=O)(=O)N2CCN(CC(C)Nc3ncnc4c(-c5cccc(CN(C)C)c5C)cccc34)CC2)s1. The minimum atomic E-state index is -3.74. The number of thiazole rings is 1. The molecule has 2 N–H and O–H groups in total. The van der Waals surface area contributed by atoms with Crippen LogP contribution in [0.5, 0.6) is 0 Å². The lowest BCUT2D eigenvalue weighted by Gasteiger charge is -2.35. The second-order valence-electron chi connectivity index (χ2n) is 11.5. The molecular formula is C31H40N8O4S2. The zero-order valence-corrected chi connectivity index (χ0v) is 28.1. The van der Waals surface area contributed by atoms with Gasteiger partial charge in [-0.25, -0.2) is 28.2 Å². The number of rotatable bonds is 10. The number of carbonyl (C=O) groups is 1. The largest absolute Gasteiger partial charge is 0.453 e. The number of aromatic nitrogens is 3. The van der Waals surface area contributed by atoms with Crippen molar-refractivity contribution in [3.8, 4) is 11.1 Å². The van der Waals surface area contributed by atoms with Gasteiger partial charge in [0.05, 0.1) is 18.3 Å². The molecule has 1 atom stereocenters. The van der Waals surface area contributed by atoms with Gasteiger partial charge in [-0.3, -0.25) is 10.2 Å². The van der Waals surface area contributed by atoms with Crippen molar-refractivity contribution in [1.82, 2.24) is 29.1 Å². The summed E-state index contributed by atoms with van der Waals surface area (Å²) in [5, 5.41) is 7.17. The molecule has 240 valence electrons. The summed E-state index contributed by atoms with van der Waals surface area (Å²) in [5.41, 5.74) is 6.01. The molecule has 0 saturated carbocycles. The Kier molecular flexibility index (Phi) is 9.99. The molecule has 2 aromatic heterocycles. The van der Waals surface area contributed by atoms with Gasteiger partial charge < -0.3 is 15.0 Å². The first-order valence-electron chi connectivity index (χ1n) is 14.8. The van der Waals surface area contributed by atoms with Gasteiger partial charge in [-0.1, -0.05) is 41.7 Å². The number of methoxy groups -OCH3 is 1. The predicted molar refractivity (Wildman–Crippen MR) is 178 cm³/mol. The first kappa shape index (κ1) is 32.7. The van der Waals surface area contributed by atoms with Gasteiger partial charge in [0.15, 0.2) is 9.34 Å². The van der Waals surface area contributed by atoms with Gasteiger partial charge >= 0.3 is 6.09 Å². The molecule has 45 heavy (non-hydrogen) atoms. The number of fused-ring (bicyclic) bond motifs is 1. The molecule has 3 heterocycles. The second kappa shape index (κ2) is 13.7. The number of anilines is 2. The Hall–Kier alpha value is -3.69. The Balaban J connectivity index is 1.25. The van der Waals surface area contributed by atoms with Crippen LogP contribution in [0.1, 0.15) is 23.7 Å². The van der Waals surface area contributed by atoms with E-state index in [2.05, 4.69) is 87.3 Å². The molecule has 1 aliphatic rings. The molecule has 0 spiro atoms.